The molecule has 3 rings (SSSR count). The Kier molecular flexibility index (Phi) is 4.53. The Labute approximate surface area is 146 Å². The number of benzene rings is 1. The number of rotatable bonds is 5. The van der Waals surface area contributed by atoms with Crippen LogP contribution >= 0.6 is 0 Å². The molecule has 0 radical (unpaired) electrons. The number of fused-ring (bicyclic) bond motifs is 1. The fourth-order valence-electron chi connectivity index (χ4n) is 2.86. The van der Waals surface area contributed by atoms with E-state index in [1.165, 1.54) is 22.9 Å². The largest absolute Gasteiger partial charge is 0.488 e. The molecule has 2 heterocycles. The van der Waals surface area contributed by atoms with Crippen molar-refractivity contribution >= 4 is 5.91 Å². The van der Waals surface area contributed by atoms with Crippen molar-refractivity contribution in [1.29, 1.82) is 0 Å². The normalized spacial score (nSPS) is 14.5. The third-order valence-electron chi connectivity index (χ3n) is 4.05. The summed E-state index contributed by atoms with van der Waals surface area (Å²) in [7, 11) is 1.61. The monoisotopic (exact) mass is 342 g/mol. The van der Waals surface area contributed by atoms with Gasteiger partial charge in [0.15, 0.2) is 11.5 Å². The first-order chi connectivity index (χ1) is 11.9. The average molecular weight is 342 g/mol. The molecule has 0 atom stereocenters. The van der Waals surface area contributed by atoms with E-state index in [-0.39, 0.29) is 17.1 Å². The lowest BCUT2D eigenvalue weighted by molar-refractivity contribution is 0.0945. The maximum absolute atomic E-state index is 12.1. The van der Waals surface area contributed by atoms with Gasteiger partial charge in [0.2, 0.25) is 5.56 Å². The van der Waals surface area contributed by atoms with Crippen LogP contribution in [-0.4, -0.2) is 29.2 Å². The van der Waals surface area contributed by atoms with E-state index in [1.807, 2.05) is 32.0 Å². The lowest BCUT2D eigenvalue weighted by atomic mass is 10.0. The molecule has 6 heteroatoms. The summed E-state index contributed by atoms with van der Waals surface area (Å²) in [6.07, 6.45) is 2.36. The molecule has 0 fully saturated rings. The van der Waals surface area contributed by atoms with Crippen LogP contribution < -0.4 is 20.3 Å². The molecule has 1 aromatic carbocycles. The quantitative estimate of drug-likeness (QED) is 0.843. The van der Waals surface area contributed by atoms with E-state index in [2.05, 4.69) is 5.32 Å². The lowest BCUT2D eigenvalue weighted by Crippen LogP contribution is -2.29. The van der Waals surface area contributed by atoms with Crippen LogP contribution in [0.15, 0.2) is 41.3 Å². The molecule has 1 amide bonds. The Hall–Kier alpha value is -2.76. The fourth-order valence-corrected chi connectivity index (χ4v) is 2.86. The highest BCUT2D eigenvalue weighted by atomic mass is 16.5. The Morgan fingerprint density at radius 1 is 1.32 bits per heavy atom. The number of hydrogen-bond acceptors (Lipinski definition) is 4. The number of pyridine rings is 1. The topological polar surface area (TPSA) is 69.6 Å². The molecule has 1 aromatic heterocycles. The van der Waals surface area contributed by atoms with Gasteiger partial charge < -0.3 is 19.4 Å². The van der Waals surface area contributed by atoms with Crippen molar-refractivity contribution in [2.24, 2.45) is 7.05 Å². The van der Waals surface area contributed by atoms with Crippen LogP contribution in [0.2, 0.25) is 0 Å². The van der Waals surface area contributed by atoms with E-state index in [0.717, 1.165) is 17.7 Å². The smallest absolute Gasteiger partial charge is 0.252 e. The summed E-state index contributed by atoms with van der Waals surface area (Å²) in [6, 6.07) is 8.74. The Morgan fingerprint density at radius 2 is 2.12 bits per heavy atom. The minimum absolute atomic E-state index is 0.152. The van der Waals surface area contributed by atoms with Gasteiger partial charge in [-0.3, -0.25) is 9.59 Å². The van der Waals surface area contributed by atoms with Crippen LogP contribution in [0.5, 0.6) is 11.5 Å². The van der Waals surface area contributed by atoms with Crippen LogP contribution in [0, 0.1) is 0 Å². The molecule has 0 bridgehead atoms. The van der Waals surface area contributed by atoms with Gasteiger partial charge in [0, 0.05) is 31.3 Å². The lowest BCUT2D eigenvalue weighted by Gasteiger charge is -2.18. The molecule has 0 saturated heterocycles. The van der Waals surface area contributed by atoms with Gasteiger partial charge in [-0.25, -0.2) is 0 Å². The maximum atomic E-state index is 12.1. The molecular weight excluding hydrogens is 320 g/mol. The highest BCUT2D eigenvalue weighted by Gasteiger charge is 2.32. The Morgan fingerprint density at radius 3 is 2.88 bits per heavy atom. The van der Waals surface area contributed by atoms with Gasteiger partial charge in [0.05, 0.1) is 12.1 Å². The zero-order valence-electron chi connectivity index (χ0n) is 14.7. The predicted molar refractivity (Wildman–Crippen MR) is 94.4 cm³/mol. The molecule has 1 N–H and O–H groups in total. The van der Waals surface area contributed by atoms with Crippen LogP contribution in [0.25, 0.3) is 0 Å². The number of aryl methyl sites for hydroxylation is 1. The Balaban J connectivity index is 1.54. The number of nitrogens with one attached hydrogen (secondary N) is 1. The minimum Gasteiger partial charge on any atom is -0.488 e. The summed E-state index contributed by atoms with van der Waals surface area (Å²) in [5.74, 6) is 1.24. The van der Waals surface area contributed by atoms with Gasteiger partial charge >= 0.3 is 0 Å². The standard InChI is InChI=1S/C19H22N2O4/c1-19(2)11-13-5-4-6-15(17(13)25-19)24-10-9-20-18(23)14-7-8-16(22)21(3)12-14/h4-8,12H,9-11H2,1-3H3,(H,20,23). The van der Waals surface area contributed by atoms with Crippen LogP contribution in [0.1, 0.15) is 29.8 Å². The second-order valence-corrected chi connectivity index (χ2v) is 6.75. The average Bonchev–Trinajstić information content (AvgIpc) is 2.88. The van der Waals surface area contributed by atoms with Crippen molar-refractivity contribution < 1.29 is 14.3 Å². The maximum Gasteiger partial charge on any atom is 0.252 e. The van der Waals surface area contributed by atoms with E-state index < -0.39 is 0 Å². The number of nitrogens with zero attached hydrogens (tertiary/aromatic N) is 1. The number of hydrogen-bond donors (Lipinski definition) is 1. The zero-order valence-corrected chi connectivity index (χ0v) is 14.7. The molecule has 132 valence electrons. The summed E-state index contributed by atoms with van der Waals surface area (Å²) in [4.78, 5) is 23.4. The molecule has 0 aliphatic carbocycles. The van der Waals surface area contributed by atoms with Crippen molar-refractivity contribution in [1.82, 2.24) is 9.88 Å². The third kappa shape index (κ3) is 3.84. The van der Waals surface area contributed by atoms with Crippen molar-refractivity contribution in [3.05, 3.63) is 58.0 Å². The molecule has 25 heavy (non-hydrogen) atoms. The van der Waals surface area contributed by atoms with E-state index >= 15 is 0 Å². The van der Waals surface area contributed by atoms with E-state index in [9.17, 15) is 9.59 Å². The predicted octanol–water partition coefficient (Wildman–Crippen LogP) is 1.91. The highest BCUT2D eigenvalue weighted by molar-refractivity contribution is 5.93. The molecular formula is C19H22N2O4. The van der Waals surface area contributed by atoms with E-state index in [1.54, 1.807) is 7.05 Å². The summed E-state index contributed by atoms with van der Waals surface area (Å²) >= 11 is 0. The summed E-state index contributed by atoms with van der Waals surface area (Å²) in [5, 5.41) is 2.78. The fraction of sp³-hybridized carbons (Fsp3) is 0.368. The van der Waals surface area contributed by atoms with Gasteiger partial charge in [-0.15, -0.1) is 0 Å². The first-order valence-corrected chi connectivity index (χ1v) is 8.24. The first-order valence-electron chi connectivity index (χ1n) is 8.24. The van der Waals surface area contributed by atoms with Crippen LogP contribution in [0.4, 0.5) is 0 Å². The van der Waals surface area contributed by atoms with Crippen LogP contribution in [0.3, 0.4) is 0 Å². The molecule has 1 aliphatic rings. The van der Waals surface area contributed by atoms with Gasteiger partial charge in [0.25, 0.3) is 5.91 Å². The molecule has 0 saturated carbocycles. The van der Waals surface area contributed by atoms with Crippen molar-refractivity contribution in [3.8, 4) is 11.5 Å². The molecule has 2 aromatic rings. The van der Waals surface area contributed by atoms with Crippen molar-refractivity contribution in [2.45, 2.75) is 25.9 Å². The second-order valence-electron chi connectivity index (χ2n) is 6.75. The van der Waals surface area contributed by atoms with E-state index in [0.29, 0.717) is 24.5 Å². The molecule has 0 unspecified atom stereocenters. The Bertz CT molecular complexity index is 855. The van der Waals surface area contributed by atoms with Gasteiger partial charge in [-0.1, -0.05) is 12.1 Å². The zero-order chi connectivity index (χ0) is 18.0. The summed E-state index contributed by atoms with van der Waals surface area (Å²) < 4.78 is 13.1. The molecule has 6 nitrogen and oxygen atoms in total. The van der Waals surface area contributed by atoms with Gasteiger partial charge in [-0.2, -0.15) is 0 Å². The van der Waals surface area contributed by atoms with Crippen molar-refractivity contribution in [2.75, 3.05) is 13.2 Å². The van der Waals surface area contributed by atoms with Gasteiger partial charge in [-0.05, 0) is 26.0 Å². The summed E-state index contributed by atoms with van der Waals surface area (Å²) in [5.41, 5.74) is 1.20. The molecule has 1 aliphatic heterocycles. The number of amides is 1. The first kappa shape index (κ1) is 17.1. The summed E-state index contributed by atoms with van der Waals surface area (Å²) in [6.45, 7) is 4.78. The van der Waals surface area contributed by atoms with Crippen LogP contribution in [-0.2, 0) is 13.5 Å². The SMILES string of the molecule is Cn1cc(C(=O)NCCOc2cccc3c2OC(C)(C)C3)ccc1=O. The second kappa shape index (κ2) is 6.63. The minimum atomic E-state index is -0.241. The number of carbonyl (C=O) groups is 1. The van der Waals surface area contributed by atoms with Crippen molar-refractivity contribution in [3.63, 3.8) is 0 Å². The number of ether oxygens (including phenoxy) is 2. The number of carbonyl (C=O) groups excluding carboxylic acids is 1. The number of para-hydroxylation sites is 1. The van der Waals surface area contributed by atoms with E-state index in [4.69, 9.17) is 9.47 Å². The molecule has 0 spiro atoms. The van der Waals surface area contributed by atoms with Gasteiger partial charge in [0.1, 0.15) is 12.2 Å². The highest BCUT2D eigenvalue weighted by Crippen LogP contribution is 2.41. The number of aromatic nitrogens is 1. The third-order valence-corrected chi connectivity index (χ3v) is 4.05.